The van der Waals surface area contributed by atoms with Gasteiger partial charge in [0.15, 0.2) is 0 Å². The van der Waals surface area contributed by atoms with E-state index in [4.69, 9.17) is 4.74 Å². The average Bonchev–Trinajstić information content (AvgIpc) is 2.97. The maximum atomic E-state index is 11.9. The van der Waals surface area contributed by atoms with E-state index in [0.29, 0.717) is 5.69 Å². The van der Waals surface area contributed by atoms with Crippen LogP contribution in [0.15, 0.2) is 12.4 Å². The lowest BCUT2D eigenvalue weighted by Gasteiger charge is -2.37. The smallest absolute Gasteiger partial charge is 0.354 e. The predicted octanol–water partition coefficient (Wildman–Crippen LogP) is 2.09. The van der Waals surface area contributed by atoms with Crippen molar-refractivity contribution in [1.29, 1.82) is 0 Å². The fraction of sp³-hybridized carbons (Fsp3) is 0.588. The van der Waals surface area contributed by atoms with Crippen LogP contribution in [-0.2, 0) is 11.8 Å². The van der Waals surface area contributed by atoms with Crippen molar-refractivity contribution in [1.82, 2.24) is 19.9 Å². The fourth-order valence-corrected chi connectivity index (χ4v) is 3.57. The molecule has 7 heteroatoms. The number of likely N-dealkylation sites (N-methyl/N-ethyl adjacent to an activating group) is 1. The van der Waals surface area contributed by atoms with Crippen molar-refractivity contribution in [2.45, 2.75) is 37.6 Å². The molecule has 0 saturated heterocycles. The van der Waals surface area contributed by atoms with Gasteiger partial charge in [0.05, 0.1) is 12.5 Å². The Hall–Kier alpha value is -2.15. The van der Waals surface area contributed by atoms with Crippen molar-refractivity contribution in [3.05, 3.63) is 18.1 Å². The molecule has 1 saturated carbocycles. The minimum absolute atomic E-state index is 0.107. The van der Waals surface area contributed by atoms with Gasteiger partial charge in [-0.2, -0.15) is 0 Å². The highest BCUT2D eigenvalue weighted by Gasteiger charge is 2.30. The van der Waals surface area contributed by atoms with Crippen molar-refractivity contribution >= 4 is 22.8 Å². The van der Waals surface area contributed by atoms with Crippen LogP contribution in [0.25, 0.3) is 11.0 Å². The number of nitrogens with one attached hydrogen (secondary N) is 2. The van der Waals surface area contributed by atoms with E-state index < -0.39 is 0 Å². The Morgan fingerprint density at radius 3 is 2.75 bits per heavy atom. The molecule has 2 heterocycles. The Morgan fingerprint density at radius 2 is 2.08 bits per heavy atom. The number of carbonyl (C=O) groups excluding carboxylic acids is 1. The molecule has 1 fully saturated rings. The number of aromatic nitrogens is 3. The quantitative estimate of drug-likeness (QED) is 0.817. The molecule has 0 unspecified atom stereocenters. The van der Waals surface area contributed by atoms with E-state index in [0.717, 1.165) is 36.2 Å². The van der Waals surface area contributed by atoms with E-state index in [1.54, 1.807) is 10.6 Å². The van der Waals surface area contributed by atoms with Gasteiger partial charge in [-0.05, 0) is 26.0 Å². The van der Waals surface area contributed by atoms with Gasteiger partial charge in [-0.25, -0.2) is 14.8 Å². The molecule has 1 aliphatic carbocycles. The molecule has 0 amide bonds. The lowest BCUT2D eigenvalue weighted by atomic mass is 9.81. The minimum Gasteiger partial charge on any atom is -0.464 e. The van der Waals surface area contributed by atoms with Gasteiger partial charge in [0.25, 0.3) is 0 Å². The first-order chi connectivity index (χ1) is 11.6. The van der Waals surface area contributed by atoms with E-state index >= 15 is 0 Å². The number of carbonyl (C=O) groups is 1. The lowest BCUT2D eigenvalue weighted by molar-refractivity contribution is 0.0590. The van der Waals surface area contributed by atoms with Crippen LogP contribution < -0.4 is 10.6 Å². The Morgan fingerprint density at radius 1 is 1.33 bits per heavy atom. The van der Waals surface area contributed by atoms with E-state index in [2.05, 4.69) is 20.6 Å². The van der Waals surface area contributed by atoms with Gasteiger partial charge in [0, 0.05) is 19.1 Å². The second-order valence-corrected chi connectivity index (χ2v) is 6.48. The zero-order chi connectivity index (χ0) is 17.2. The first-order valence-corrected chi connectivity index (χ1v) is 8.42. The number of methoxy groups -OCH3 is 1. The molecule has 0 atom stereocenters. The molecule has 0 radical (unpaired) electrons. The summed E-state index contributed by atoms with van der Waals surface area (Å²) in [6.45, 7) is 0.804. The summed E-state index contributed by atoms with van der Waals surface area (Å²) in [7, 11) is 5.21. The standard InChI is InChI=1S/C17H25N5O2/c1-18-17(7-5-4-6-8-17)10-19-14-12-9-13(16(23)24-3)22(2)15(12)21-11-20-14/h9,11,18H,4-8,10H2,1-3H3,(H,19,20,21). The molecular formula is C17H25N5O2. The third-order valence-electron chi connectivity index (χ3n) is 5.15. The summed E-state index contributed by atoms with van der Waals surface area (Å²) in [5.41, 5.74) is 1.29. The van der Waals surface area contributed by atoms with Crippen molar-refractivity contribution < 1.29 is 9.53 Å². The van der Waals surface area contributed by atoms with E-state index in [1.165, 1.54) is 32.7 Å². The second kappa shape index (κ2) is 6.76. The number of ether oxygens (including phenoxy) is 1. The predicted molar refractivity (Wildman–Crippen MR) is 93.2 cm³/mol. The molecule has 1 aliphatic rings. The monoisotopic (exact) mass is 331 g/mol. The van der Waals surface area contributed by atoms with Crippen molar-refractivity contribution in [3.8, 4) is 0 Å². The van der Waals surface area contributed by atoms with Gasteiger partial charge in [-0.3, -0.25) is 0 Å². The minimum atomic E-state index is -0.375. The van der Waals surface area contributed by atoms with Gasteiger partial charge in [0.2, 0.25) is 0 Å². The van der Waals surface area contributed by atoms with Crippen LogP contribution in [0.2, 0.25) is 0 Å². The summed E-state index contributed by atoms with van der Waals surface area (Å²) < 4.78 is 6.58. The molecule has 0 aliphatic heterocycles. The van der Waals surface area contributed by atoms with Crippen LogP contribution in [0.1, 0.15) is 42.6 Å². The molecule has 3 rings (SSSR count). The molecule has 2 aromatic rings. The molecular weight excluding hydrogens is 306 g/mol. The van der Waals surface area contributed by atoms with E-state index in [-0.39, 0.29) is 11.5 Å². The number of nitrogens with zero attached hydrogens (tertiary/aromatic N) is 3. The van der Waals surface area contributed by atoms with Gasteiger partial charge in [0.1, 0.15) is 23.5 Å². The molecule has 0 aromatic carbocycles. The van der Waals surface area contributed by atoms with Crippen molar-refractivity contribution in [2.75, 3.05) is 26.0 Å². The molecule has 7 nitrogen and oxygen atoms in total. The first-order valence-electron chi connectivity index (χ1n) is 8.42. The van der Waals surface area contributed by atoms with Crippen LogP contribution in [-0.4, -0.2) is 46.7 Å². The molecule has 2 aromatic heterocycles. The van der Waals surface area contributed by atoms with Gasteiger partial charge < -0.3 is 19.9 Å². The normalized spacial score (nSPS) is 17.0. The first kappa shape index (κ1) is 16.7. The Labute approximate surface area is 141 Å². The van der Waals surface area contributed by atoms with Gasteiger partial charge >= 0.3 is 5.97 Å². The summed E-state index contributed by atoms with van der Waals surface area (Å²) in [5.74, 6) is 0.381. The number of rotatable bonds is 5. The maximum Gasteiger partial charge on any atom is 0.354 e. The molecule has 24 heavy (non-hydrogen) atoms. The Bertz CT molecular complexity index is 734. The molecule has 2 N–H and O–H groups in total. The second-order valence-electron chi connectivity index (χ2n) is 6.48. The average molecular weight is 331 g/mol. The fourth-order valence-electron chi connectivity index (χ4n) is 3.57. The van der Waals surface area contributed by atoms with Crippen LogP contribution in [0.3, 0.4) is 0 Å². The zero-order valence-corrected chi connectivity index (χ0v) is 14.6. The Kier molecular flexibility index (Phi) is 4.71. The summed E-state index contributed by atoms with van der Waals surface area (Å²) in [5, 5.41) is 7.80. The molecule has 130 valence electrons. The summed E-state index contributed by atoms with van der Waals surface area (Å²) in [6, 6.07) is 1.79. The maximum absolute atomic E-state index is 11.9. The molecule has 0 spiro atoms. The highest BCUT2D eigenvalue weighted by Crippen LogP contribution is 2.29. The van der Waals surface area contributed by atoms with Crippen molar-refractivity contribution in [3.63, 3.8) is 0 Å². The van der Waals surface area contributed by atoms with Crippen LogP contribution in [0.4, 0.5) is 5.82 Å². The van der Waals surface area contributed by atoms with Crippen LogP contribution >= 0.6 is 0 Å². The SMILES string of the molecule is CNC1(CNc2ncnc3c2cc(C(=O)OC)n3C)CCCCC1. The third-order valence-corrected chi connectivity index (χ3v) is 5.15. The van der Waals surface area contributed by atoms with E-state index in [9.17, 15) is 4.79 Å². The van der Waals surface area contributed by atoms with Gasteiger partial charge in [-0.1, -0.05) is 19.3 Å². The number of hydrogen-bond acceptors (Lipinski definition) is 6. The zero-order valence-electron chi connectivity index (χ0n) is 14.6. The lowest BCUT2D eigenvalue weighted by Crippen LogP contribution is -2.50. The molecule has 0 bridgehead atoms. The van der Waals surface area contributed by atoms with Crippen molar-refractivity contribution in [2.24, 2.45) is 7.05 Å². The highest BCUT2D eigenvalue weighted by molar-refractivity contribution is 5.98. The van der Waals surface area contributed by atoms with Crippen LogP contribution in [0.5, 0.6) is 0 Å². The topological polar surface area (TPSA) is 81.1 Å². The number of aryl methyl sites for hydroxylation is 1. The summed E-state index contributed by atoms with van der Waals surface area (Å²) in [4.78, 5) is 20.6. The third kappa shape index (κ3) is 2.96. The Balaban J connectivity index is 1.88. The number of esters is 1. The largest absolute Gasteiger partial charge is 0.464 e. The highest BCUT2D eigenvalue weighted by atomic mass is 16.5. The van der Waals surface area contributed by atoms with Crippen LogP contribution in [0, 0.1) is 0 Å². The summed E-state index contributed by atoms with van der Waals surface area (Å²) in [6.07, 6.45) is 7.65. The van der Waals surface area contributed by atoms with E-state index in [1.807, 2.05) is 14.1 Å². The summed E-state index contributed by atoms with van der Waals surface area (Å²) >= 11 is 0. The number of fused-ring (bicyclic) bond motifs is 1. The van der Waals surface area contributed by atoms with Gasteiger partial charge in [-0.15, -0.1) is 0 Å². The number of anilines is 1. The number of hydrogen-bond donors (Lipinski definition) is 2.